The zero-order valence-electron chi connectivity index (χ0n) is 10.7. The van der Waals surface area contributed by atoms with Gasteiger partial charge in [-0.1, -0.05) is 0 Å². The Kier molecular flexibility index (Phi) is 4.66. The van der Waals surface area contributed by atoms with E-state index in [0.29, 0.717) is 0 Å². The van der Waals surface area contributed by atoms with E-state index < -0.39 is 33.8 Å². The molecule has 0 fully saturated rings. The Balaban J connectivity index is 3.12. The van der Waals surface area contributed by atoms with Crippen molar-refractivity contribution >= 4 is 27.6 Å². The second kappa shape index (κ2) is 5.87. The zero-order valence-corrected chi connectivity index (χ0v) is 11.5. The van der Waals surface area contributed by atoms with Gasteiger partial charge in [-0.25, -0.2) is 12.8 Å². The highest BCUT2D eigenvalue weighted by Crippen LogP contribution is 2.18. The predicted octanol–water partition coefficient (Wildman–Crippen LogP) is 0.400. The van der Waals surface area contributed by atoms with E-state index in [0.717, 1.165) is 24.5 Å². The van der Waals surface area contributed by atoms with Crippen LogP contribution in [0.4, 0.5) is 10.1 Å². The molecule has 0 aromatic heterocycles. The van der Waals surface area contributed by atoms with E-state index >= 15 is 0 Å². The minimum Gasteiger partial charge on any atom is -0.480 e. The summed E-state index contributed by atoms with van der Waals surface area (Å²) in [5.41, 5.74) is -0.437. The van der Waals surface area contributed by atoms with Crippen LogP contribution >= 0.6 is 0 Å². The van der Waals surface area contributed by atoms with E-state index in [4.69, 9.17) is 5.11 Å². The van der Waals surface area contributed by atoms with Gasteiger partial charge in [0.1, 0.15) is 11.9 Å². The number of carboxylic acid groups (broad SMARTS) is 1. The quantitative estimate of drug-likeness (QED) is 0.729. The Labute approximate surface area is 114 Å². The molecular formula is C11H13FN2O5S. The molecule has 0 unspecified atom stereocenters. The maximum Gasteiger partial charge on any atom is 0.325 e. The molecule has 0 aliphatic heterocycles. The van der Waals surface area contributed by atoms with Gasteiger partial charge in [-0.3, -0.25) is 14.3 Å². The van der Waals surface area contributed by atoms with Crippen molar-refractivity contribution in [2.45, 2.75) is 13.0 Å². The van der Waals surface area contributed by atoms with E-state index in [-0.39, 0.29) is 11.3 Å². The molecule has 0 aliphatic carbocycles. The number of rotatable bonds is 5. The summed E-state index contributed by atoms with van der Waals surface area (Å²) in [5.74, 6) is -2.92. The van der Waals surface area contributed by atoms with Crippen molar-refractivity contribution in [1.82, 2.24) is 5.32 Å². The molecule has 1 atom stereocenters. The fourth-order valence-electron chi connectivity index (χ4n) is 1.33. The van der Waals surface area contributed by atoms with Crippen molar-refractivity contribution in [3.63, 3.8) is 0 Å². The Hall–Kier alpha value is -2.16. The summed E-state index contributed by atoms with van der Waals surface area (Å²) in [6, 6.07) is 1.68. The van der Waals surface area contributed by atoms with Gasteiger partial charge < -0.3 is 10.4 Å². The highest BCUT2D eigenvalue weighted by Gasteiger charge is 2.19. The number of aliphatic carboxylic acids is 1. The molecule has 1 aromatic carbocycles. The van der Waals surface area contributed by atoms with Crippen LogP contribution in [0, 0.1) is 5.82 Å². The number of carboxylic acids is 1. The number of anilines is 1. The standard InChI is InChI=1S/C11H13FN2O5S/c1-6(11(16)17)13-10(15)8-5-7(12)3-4-9(8)14-20(2,18)19/h3-6,14H,1-2H3,(H,13,15)(H,16,17)/t6-/m0/s1. The summed E-state index contributed by atoms with van der Waals surface area (Å²) in [7, 11) is -3.66. The number of hydrogen-bond acceptors (Lipinski definition) is 4. The van der Waals surface area contributed by atoms with Crippen LogP contribution in [0.5, 0.6) is 0 Å². The van der Waals surface area contributed by atoms with Crippen molar-refractivity contribution in [1.29, 1.82) is 0 Å². The topological polar surface area (TPSA) is 113 Å². The molecule has 0 saturated heterocycles. The minimum atomic E-state index is -3.66. The molecule has 0 bridgehead atoms. The Morgan fingerprint density at radius 2 is 1.95 bits per heavy atom. The van der Waals surface area contributed by atoms with Crippen molar-refractivity contribution in [2.24, 2.45) is 0 Å². The van der Waals surface area contributed by atoms with Crippen LogP contribution in [0.25, 0.3) is 0 Å². The van der Waals surface area contributed by atoms with Crippen molar-refractivity contribution in [3.05, 3.63) is 29.6 Å². The fraction of sp³-hybridized carbons (Fsp3) is 0.273. The third kappa shape index (κ3) is 4.50. The van der Waals surface area contributed by atoms with Crippen LogP contribution in [0.1, 0.15) is 17.3 Å². The number of hydrogen-bond donors (Lipinski definition) is 3. The molecule has 1 aromatic rings. The SMILES string of the molecule is C[C@H](NC(=O)c1cc(F)ccc1NS(C)(=O)=O)C(=O)O. The fourth-order valence-corrected chi connectivity index (χ4v) is 1.91. The van der Waals surface area contributed by atoms with E-state index in [9.17, 15) is 22.4 Å². The molecule has 1 amide bonds. The molecule has 0 heterocycles. The van der Waals surface area contributed by atoms with Gasteiger partial charge in [-0.05, 0) is 25.1 Å². The zero-order chi connectivity index (χ0) is 15.5. The van der Waals surface area contributed by atoms with Crippen LogP contribution in [0.15, 0.2) is 18.2 Å². The van der Waals surface area contributed by atoms with E-state index in [1.54, 1.807) is 0 Å². The van der Waals surface area contributed by atoms with E-state index in [1.165, 1.54) is 6.92 Å². The molecular weight excluding hydrogens is 291 g/mol. The van der Waals surface area contributed by atoms with Crippen LogP contribution in [-0.4, -0.2) is 37.7 Å². The third-order valence-corrected chi connectivity index (χ3v) is 2.83. The Morgan fingerprint density at radius 3 is 2.45 bits per heavy atom. The van der Waals surface area contributed by atoms with Gasteiger partial charge in [-0.15, -0.1) is 0 Å². The van der Waals surface area contributed by atoms with Crippen LogP contribution in [0.2, 0.25) is 0 Å². The lowest BCUT2D eigenvalue weighted by atomic mass is 10.1. The highest BCUT2D eigenvalue weighted by atomic mass is 32.2. The van der Waals surface area contributed by atoms with Crippen LogP contribution < -0.4 is 10.0 Å². The maximum absolute atomic E-state index is 13.2. The summed E-state index contributed by atoms with van der Waals surface area (Å²) < 4.78 is 37.5. The van der Waals surface area contributed by atoms with Crippen molar-refractivity contribution in [3.8, 4) is 0 Å². The van der Waals surface area contributed by atoms with Gasteiger partial charge in [0.25, 0.3) is 5.91 Å². The van der Waals surface area contributed by atoms with E-state index in [1.807, 2.05) is 0 Å². The molecule has 1 rings (SSSR count). The molecule has 0 saturated carbocycles. The summed E-state index contributed by atoms with van der Waals surface area (Å²) in [6.07, 6.45) is 0.873. The molecule has 0 aliphatic rings. The van der Waals surface area contributed by atoms with Gasteiger partial charge in [0.2, 0.25) is 10.0 Å². The number of sulfonamides is 1. The maximum atomic E-state index is 13.2. The highest BCUT2D eigenvalue weighted by molar-refractivity contribution is 7.92. The second-order valence-electron chi connectivity index (χ2n) is 4.10. The molecule has 20 heavy (non-hydrogen) atoms. The molecule has 110 valence electrons. The van der Waals surface area contributed by atoms with Crippen LogP contribution in [0.3, 0.4) is 0 Å². The predicted molar refractivity (Wildman–Crippen MR) is 69.4 cm³/mol. The second-order valence-corrected chi connectivity index (χ2v) is 5.85. The van der Waals surface area contributed by atoms with Gasteiger partial charge in [0, 0.05) is 0 Å². The summed E-state index contributed by atoms with van der Waals surface area (Å²) in [5, 5.41) is 10.8. The Morgan fingerprint density at radius 1 is 1.35 bits per heavy atom. The molecule has 7 nitrogen and oxygen atoms in total. The lowest BCUT2D eigenvalue weighted by molar-refractivity contribution is -0.138. The third-order valence-electron chi connectivity index (χ3n) is 2.24. The lowest BCUT2D eigenvalue weighted by Gasteiger charge is -2.13. The molecule has 0 radical (unpaired) electrons. The van der Waals surface area contributed by atoms with Crippen molar-refractivity contribution < 1.29 is 27.5 Å². The molecule has 3 N–H and O–H groups in total. The average Bonchev–Trinajstić information content (AvgIpc) is 2.29. The first-order valence-corrected chi connectivity index (χ1v) is 7.30. The van der Waals surface area contributed by atoms with Gasteiger partial charge in [-0.2, -0.15) is 0 Å². The molecule has 9 heteroatoms. The first-order valence-electron chi connectivity index (χ1n) is 5.41. The first kappa shape index (κ1) is 15.9. The molecule has 0 spiro atoms. The monoisotopic (exact) mass is 304 g/mol. The summed E-state index contributed by atoms with van der Waals surface area (Å²) in [6.45, 7) is 1.23. The number of halogens is 1. The largest absolute Gasteiger partial charge is 0.480 e. The number of carbonyl (C=O) groups excluding carboxylic acids is 1. The summed E-state index contributed by atoms with van der Waals surface area (Å²) >= 11 is 0. The first-order chi connectivity index (χ1) is 9.10. The van der Waals surface area contributed by atoms with Gasteiger partial charge >= 0.3 is 5.97 Å². The van der Waals surface area contributed by atoms with Gasteiger partial charge in [0.15, 0.2) is 0 Å². The number of benzene rings is 1. The minimum absolute atomic E-state index is 0.135. The number of nitrogens with one attached hydrogen (secondary N) is 2. The van der Waals surface area contributed by atoms with Crippen LogP contribution in [-0.2, 0) is 14.8 Å². The number of amides is 1. The van der Waals surface area contributed by atoms with E-state index in [2.05, 4.69) is 10.0 Å². The summed E-state index contributed by atoms with van der Waals surface area (Å²) in [4.78, 5) is 22.5. The Bertz CT molecular complexity index is 644. The average molecular weight is 304 g/mol. The van der Waals surface area contributed by atoms with Crippen molar-refractivity contribution in [2.75, 3.05) is 11.0 Å². The number of carbonyl (C=O) groups is 2. The van der Waals surface area contributed by atoms with Gasteiger partial charge in [0.05, 0.1) is 17.5 Å². The normalized spacial score (nSPS) is 12.6. The lowest BCUT2D eigenvalue weighted by Crippen LogP contribution is -2.38. The smallest absolute Gasteiger partial charge is 0.325 e.